The van der Waals surface area contributed by atoms with Crippen molar-refractivity contribution in [3.63, 3.8) is 0 Å². The van der Waals surface area contributed by atoms with Gasteiger partial charge in [0, 0.05) is 12.8 Å². The molecule has 4 heteroatoms. The maximum absolute atomic E-state index is 12.1. The molecule has 1 heterocycles. The Morgan fingerprint density at radius 3 is 2.22 bits per heavy atom. The summed E-state index contributed by atoms with van der Waals surface area (Å²) in [6, 6.07) is 0. The lowest BCUT2D eigenvalue weighted by Crippen LogP contribution is -2.50. The fourth-order valence-electron chi connectivity index (χ4n) is 3.53. The van der Waals surface area contributed by atoms with E-state index in [4.69, 9.17) is 0 Å². The van der Waals surface area contributed by atoms with E-state index in [2.05, 4.69) is 0 Å². The number of amides is 2. The first-order valence-electron chi connectivity index (χ1n) is 7.11. The van der Waals surface area contributed by atoms with Crippen molar-refractivity contribution in [2.75, 3.05) is 6.54 Å². The highest BCUT2D eigenvalue weighted by molar-refractivity contribution is 5.98. The average Bonchev–Trinajstić information content (AvgIpc) is 3.07. The fourth-order valence-corrected chi connectivity index (χ4v) is 3.53. The zero-order valence-electron chi connectivity index (χ0n) is 10.7. The third-order valence-electron chi connectivity index (χ3n) is 4.85. The molecule has 0 aromatic heterocycles. The van der Waals surface area contributed by atoms with Crippen LogP contribution in [0.25, 0.3) is 0 Å². The molecule has 3 rings (SSSR count). The minimum atomic E-state index is -0.504. The van der Waals surface area contributed by atoms with Gasteiger partial charge in [0.15, 0.2) is 0 Å². The van der Waals surface area contributed by atoms with Gasteiger partial charge in [0.1, 0.15) is 0 Å². The van der Waals surface area contributed by atoms with Gasteiger partial charge in [-0.15, -0.1) is 0 Å². The Kier molecular flexibility index (Phi) is 2.93. The summed E-state index contributed by atoms with van der Waals surface area (Å²) < 4.78 is 0. The maximum atomic E-state index is 12.1. The molecule has 3 fully saturated rings. The number of aliphatic hydroxyl groups excluding tert-OH is 1. The largest absolute Gasteiger partial charge is 0.391 e. The van der Waals surface area contributed by atoms with E-state index in [0.717, 1.165) is 38.5 Å². The predicted molar refractivity (Wildman–Crippen MR) is 65.6 cm³/mol. The van der Waals surface area contributed by atoms with Gasteiger partial charge in [0.2, 0.25) is 11.8 Å². The van der Waals surface area contributed by atoms with E-state index in [9.17, 15) is 14.7 Å². The number of carbonyl (C=O) groups excluding carboxylic acids is 2. The number of hydrogen-bond donors (Lipinski definition) is 1. The van der Waals surface area contributed by atoms with Crippen LogP contribution in [0, 0.1) is 11.3 Å². The molecule has 1 spiro atoms. The number of rotatable bonds is 3. The summed E-state index contributed by atoms with van der Waals surface area (Å²) in [5.74, 6) is 0.189. The number of nitrogens with zero attached hydrogens (tertiary/aromatic N) is 1. The van der Waals surface area contributed by atoms with E-state index in [1.807, 2.05) is 0 Å². The summed E-state index contributed by atoms with van der Waals surface area (Å²) in [5.41, 5.74) is -0.0325. The second-order valence-electron chi connectivity index (χ2n) is 6.36. The molecule has 0 aromatic rings. The molecule has 0 bridgehead atoms. The van der Waals surface area contributed by atoms with Gasteiger partial charge in [0.05, 0.1) is 12.6 Å². The normalized spacial score (nSPS) is 29.1. The average molecular weight is 251 g/mol. The Labute approximate surface area is 107 Å². The minimum Gasteiger partial charge on any atom is -0.391 e. The molecule has 18 heavy (non-hydrogen) atoms. The molecule has 0 aromatic carbocycles. The van der Waals surface area contributed by atoms with Gasteiger partial charge in [-0.2, -0.15) is 0 Å². The molecule has 1 saturated heterocycles. The number of imide groups is 1. The van der Waals surface area contributed by atoms with E-state index < -0.39 is 6.10 Å². The number of β-amino-alcohol motifs (C(OH)–C–C–N with tert-alkyl or cyclic N) is 1. The molecular weight excluding hydrogens is 230 g/mol. The van der Waals surface area contributed by atoms with Crippen molar-refractivity contribution in [3.05, 3.63) is 0 Å². The molecule has 0 radical (unpaired) electrons. The van der Waals surface area contributed by atoms with Crippen LogP contribution in [-0.4, -0.2) is 34.5 Å². The molecule has 1 N–H and O–H groups in total. The SMILES string of the molecule is O=C1CC2(CCCC2)CC(=O)N1CC(O)C1CC1. The molecule has 1 aliphatic heterocycles. The van der Waals surface area contributed by atoms with Crippen LogP contribution < -0.4 is 0 Å². The number of piperidine rings is 1. The van der Waals surface area contributed by atoms with Crippen LogP contribution in [0.4, 0.5) is 0 Å². The molecule has 3 aliphatic rings. The molecular formula is C14H21NO3. The molecule has 2 saturated carbocycles. The van der Waals surface area contributed by atoms with Gasteiger partial charge in [0.25, 0.3) is 0 Å². The Morgan fingerprint density at radius 2 is 1.72 bits per heavy atom. The number of hydrogen-bond acceptors (Lipinski definition) is 3. The van der Waals surface area contributed by atoms with Crippen LogP contribution in [0.3, 0.4) is 0 Å². The molecule has 2 amide bonds. The van der Waals surface area contributed by atoms with Gasteiger partial charge < -0.3 is 5.11 Å². The number of likely N-dealkylation sites (tertiary alicyclic amines) is 1. The Balaban J connectivity index is 1.66. The summed E-state index contributed by atoms with van der Waals surface area (Å²) in [6.45, 7) is 0.221. The second kappa shape index (κ2) is 4.34. The van der Waals surface area contributed by atoms with E-state index in [0.29, 0.717) is 18.8 Å². The third-order valence-corrected chi connectivity index (χ3v) is 4.85. The summed E-state index contributed by atoms with van der Waals surface area (Å²) >= 11 is 0. The fraction of sp³-hybridized carbons (Fsp3) is 0.857. The highest BCUT2D eigenvalue weighted by Gasteiger charge is 2.46. The third kappa shape index (κ3) is 2.18. The summed E-state index contributed by atoms with van der Waals surface area (Å²) in [6.07, 6.45) is 6.90. The first-order valence-corrected chi connectivity index (χ1v) is 7.11. The molecule has 100 valence electrons. The topological polar surface area (TPSA) is 57.6 Å². The minimum absolute atomic E-state index is 0.0325. The Hall–Kier alpha value is -0.900. The van der Waals surface area contributed by atoms with E-state index >= 15 is 0 Å². The van der Waals surface area contributed by atoms with Crippen LogP contribution in [0.1, 0.15) is 51.4 Å². The standard InChI is InChI=1S/C14H21NO3/c16-11(10-3-4-10)9-15-12(17)7-14(8-13(15)18)5-1-2-6-14/h10-11,16H,1-9H2. The first-order chi connectivity index (χ1) is 8.60. The van der Waals surface area contributed by atoms with Gasteiger partial charge in [-0.3, -0.25) is 14.5 Å². The van der Waals surface area contributed by atoms with Gasteiger partial charge in [-0.1, -0.05) is 12.8 Å². The lowest BCUT2D eigenvalue weighted by Gasteiger charge is -2.37. The predicted octanol–water partition coefficient (Wildman–Crippen LogP) is 1.47. The summed E-state index contributed by atoms with van der Waals surface area (Å²) in [7, 11) is 0. The Bertz CT molecular complexity index is 349. The van der Waals surface area contributed by atoms with E-state index in [-0.39, 0.29) is 23.8 Å². The van der Waals surface area contributed by atoms with Crippen molar-refractivity contribution in [1.29, 1.82) is 0 Å². The zero-order chi connectivity index (χ0) is 12.8. The molecule has 4 nitrogen and oxygen atoms in total. The molecule has 2 aliphatic carbocycles. The van der Waals surface area contributed by atoms with Crippen molar-refractivity contribution in [2.45, 2.75) is 57.5 Å². The van der Waals surface area contributed by atoms with Crippen LogP contribution in [-0.2, 0) is 9.59 Å². The van der Waals surface area contributed by atoms with Crippen molar-refractivity contribution >= 4 is 11.8 Å². The van der Waals surface area contributed by atoms with Crippen molar-refractivity contribution in [1.82, 2.24) is 4.90 Å². The highest BCUT2D eigenvalue weighted by atomic mass is 16.3. The first kappa shape index (κ1) is 12.2. The van der Waals surface area contributed by atoms with Crippen LogP contribution >= 0.6 is 0 Å². The van der Waals surface area contributed by atoms with Crippen molar-refractivity contribution in [2.24, 2.45) is 11.3 Å². The second-order valence-corrected chi connectivity index (χ2v) is 6.36. The molecule has 1 unspecified atom stereocenters. The van der Waals surface area contributed by atoms with Gasteiger partial charge in [-0.05, 0) is 37.0 Å². The lowest BCUT2D eigenvalue weighted by molar-refractivity contribution is -0.155. The van der Waals surface area contributed by atoms with Crippen molar-refractivity contribution < 1.29 is 14.7 Å². The van der Waals surface area contributed by atoms with Gasteiger partial charge >= 0.3 is 0 Å². The van der Waals surface area contributed by atoms with E-state index in [1.54, 1.807) is 0 Å². The summed E-state index contributed by atoms with van der Waals surface area (Å²) in [4.78, 5) is 25.6. The smallest absolute Gasteiger partial charge is 0.229 e. The van der Waals surface area contributed by atoms with Crippen LogP contribution in [0.5, 0.6) is 0 Å². The lowest BCUT2D eigenvalue weighted by atomic mass is 9.76. The highest BCUT2D eigenvalue weighted by Crippen LogP contribution is 2.47. The van der Waals surface area contributed by atoms with Crippen LogP contribution in [0.2, 0.25) is 0 Å². The number of aliphatic hydroxyl groups is 1. The van der Waals surface area contributed by atoms with Crippen LogP contribution in [0.15, 0.2) is 0 Å². The molecule has 1 atom stereocenters. The number of carbonyl (C=O) groups is 2. The van der Waals surface area contributed by atoms with Crippen molar-refractivity contribution in [3.8, 4) is 0 Å². The monoisotopic (exact) mass is 251 g/mol. The maximum Gasteiger partial charge on any atom is 0.229 e. The van der Waals surface area contributed by atoms with Gasteiger partial charge in [-0.25, -0.2) is 0 Å². The quantitative estimate of drug-likeness (QED) is 0.773. The van der Waals surface area contributed by atoms with E-state index in [1.165, 1.54) is 4.90 Å². The summed E-state index contributed by atoms with van der Waals surface area (Å²) in [5, 5.41) is 9.89. The zero-order valence-corrected chi connectivity index (χ0v) is 10.7. The Morgan fingerprint density at radius 1 is 1.17 bits per heavy atom.